The molecule has 3 aromatic rings. The largest absolute Gasteiger partial charge is 0.445 e. The second kappa shape index (κ2) is 7.96. The van der Waals surface area contributed by atoms with E-state index < -0.39 is 0 Å². The van der Waals surface area contributed by atoms with Gasteiger partial charge < -0.3 is 15.0 Å². The number of amides is 1. The fraction of sp³-hybridized carbons (Fsp3) is 0.174. The Labute approximate surface area is 159 Å². The molecule has 4 heteroatoms. The van der Waals surface area contributed by atoms with Crippen LogP contribution in [0.2, 0.25) is 0 Å². The Morgan fingerprint density at radius 2 is 1.67 bits per heavy atom. The summed E-state index contributed by atoms with van der Waals surface area (Å²) in [4.78, 5) is 14.3. The van der Waals surface area contributed by atoms with Crippen LogP contribution in [0, 0.1) is 0 Å². The van der Waals surface area contributed by atoms with Crippen LogP contribution in [0.25, 0.3) is 11.1 Å². The minimum atomic E-state index is -0.279. The smallest absolute Gasteiger partial charge is 0.410 e. The number of hydrogen-bond acceptors (Lipinski definition) is 3. The van der Waals surface area contributed by atoms with Gasteiger partial charge in [-0.15, -0.1) is 0 Å². The Morgan fingerprint density at radius 1 is 0.926 bits per heavy atom. The number of ether oxygens (including phenoxy) is 1. The maximum atomic E-state index is 12.6. The molecular weight excluding hydrogens is 336 g/mol. The van der Waals surface area contributed by atoms with Gasteiger partial charge in [-0.2, -0.15) is 0 Å². The maximum absolute atomic E-state index is 12.6. The second-order valence-corrected chi connectivity index (χ2v) is 6.63. The predicted octanol–water partition coefficient (Wildman–Crippen LogP) is 4.92. The number of hydrogen-bond donors (Lipinski definition) is 1. The highest BCUT2D eigenvalue weighted by Crippen LogP contribution is 2.27. The molecule has 0 spiro atoms. The van der Waals surface area contributed by atoms with E-state index in [1.807, 2.05) is 48.5 Å². The van der Waals surface area contributed by atoms with Gasteiger partial charge in [0.1, 0.15) is 6.61 Å². The van der Waals surface area contributed by atoms with E-state index in [-0.39, 0.29) is 6.09 Å². The number of carbonyl (C=O) groups is 1. The van der Waals surface area contributed by atoms with E-state index in [0.717, 1.165) is 22.4 Å². The van der Waals surface area contributed by atoms with Gasteiger partial charge in [-0.25, -0.2) is 4.79 Å². The molecule has 0 bridgehead atoms. The number of nitrogens with zero attached hydrogens (tertiary/aromatic N) is 1. The molecule has 4 rings (SSSR count). The van der Waals surface area contributed by atoms with Crippen LogP contribution >= 0.6 is 0 Å². The maximum Gasteiger partial charge on any atom is 0.410 e. The lowest BCUT2D eigenvalue weighted by Crippen LogP contribution is -2.33. The third-order valence-electron chi connectivity index (χ3n) is 4.73. The van der Waals surface area contributed by atoms with Gasteiger partial charge in [0.2, 0.25) is 0 Å². The molecule has 1 aliphatic heterocycles. The van der Waals surface area contributed by atoms with Crippen LogP contribution in [0.5, 0.6) is 0 Å². The molecule has 0 fully saturated rings. The molecule has 0 saturated carbocycles. The zero-order valence-electron chi connectivity index (χ0n) is 15.1. The summed E-state index contributed by atoms with van der Waals surface area (Å²) < 4.78 is 5.51. The van der Waals surface area contributed by atoms with Crippen LogP contribution in [0.1, 0.15) is 11.1 Å². The van der Waals surface area contributed by atoms with Gasteiger partial charge in [-0.3, -0.25) is 0 Å². The van der Waals surface area contributed by atoms with Crippen molar-refractivity contribution >= 4 is 11.8 Å². The first-order chi connectivity index (χ1) is 13.3. The summed E-state index contributed by atoms with van der Waals surface area (Å²) in [6, 6.07) is 26.4. The zero-order chi connectivity index (χ0) is 18.5. The van der Waals surface area contributed by atoms with Crippen molar-refractivity contribution in [2.75, 3.05) is 18.4 Å². The highest BCUT2D eigenvalue weighted by atomic mass is 16.6. The number of rotatable bonds is 3. The summed E-state index contributed by atoms with van der Waals surface area (Å²) in [5, 5.41) is 3.41. The molecule has 1 N–H and O–H groups in total. The van der Waals surface area contributed by atoms with Crippen molar-refractivity contribution in [2.24, 2.45) is 0 Å². The van der Waals surface area contributed by atoms with Crippen LogP contribution in [-0.2, 0) is 17.9 Å². The quantitative estimate of drug-likeness (QED) is 0.723. The molecule has 1 heterocycles. The van der Waals surface area contributed by atoms with Crippen LogP contribution in [-0.4, -0.2) is 24.1 Å². The highest BCUT2D eigenvalue weighted by molar-refractivity contribution is 5.71. The van der Waals surface area contributed by atoms with Crippen molar-refractivity contribution in [3.8, 4) is 11.1 Å². The molecule has 0 atom stereocenters. The molecule has 3 aromatic carbocycles. The summed E-state index contributed by atoms with van der Waals surface area (Å²) in [6.45, 7) is 2.15. The molecule has 0 radical (unpaired) electrons. The van der Waals surface area contributed by atoms with E-state index in [9.17, 15) is 4.79 Å². The molecule has 0 aliphatic carbocycles. The van der Waals surface area contributed by atoms with E-state index in [2.05, 4.69) is 35.6 Å². The molecule has 27 heavy (non-hydrogen) atoms. The fourth-order valence-corrected chi connectivity index (χ4v) is 3.28. The molecule has 4 nitrogen and oxygen atoms in total. The van der Waals surface area contributed by atoms with Crippen LogP contribution in [0.4, 0.5) is 10.5 Å². The SMILES string of the molecule is O=C(OCc1ccccc1)N1CCNc2ccc(-c3ccccc3)cc2C1. The lowest BCUT2D eigenvalue weighted by molar-refractivity contribution is 0.0957. The van der Waals surface area contributed by atoms with E-state index >= 15 is 0 Å². The van der Waals surface area contributed by atoms with Crippen LogP contribution < -0.4 is 5.32 Å². The first-order valence-corrected chi connectivity index (χ1v) is 9.17. The van der Waals surface area contributed by atoms with E-state index in [1.165, 1.54) is 5.56 Å². The monoisotopic (exact) mass is 358 g/mol. The van der Waals surface area contributed by atoms with Gasteiger partial charge >= 0.3 is 6.09 Å². The van der Waals surface area contributed by atoms with Crippen molar-refractivity contribution in [1.82, 2.24) is 4.90 Å². The number of anilines is 1. The molecule has 1 aliphatic rings. The summed E-state index contributed by atoms with van der Waals surface area (Å²) in [5.41, 5.74) is 5.49. The van der Waals surface area contributed by atoms with Crippen molar-refractivity contribution in [3.63, 3.8) is 0 Å². The summed E-state index contributed by atoms with van der Waals surface area (Å²) in [6.07, 6.45) is -0.279. The first-order valence-electron chi connectivity index (χ1n) is 9.17. The molecule has 136 valence electrons. The molecular formula is C23H22N2O2. The van der Waals surface area contributed by atoms with Crippen LogP contribution in [0.3, 0.4) is 0 Å². The topological polar surface area (TPSA) is 41.6 Å². The van der Waals surface area contributed by atoms with Crippen molar-refractivity contribution < 1.29 is 9.53 Å². The van der Waals surface area contributed by atoms with Crippen molar-refractivity contribution in [2.45, 2.75) is 13.2 Å². The van der Waals surface area contributed by atoms with E-state index in [1.54, 1.807) is 4.90 Å². The summed E-state index contributed by atoms with van der Waals surface area (Å²) >= 11 is 0. The fourth-order valence-electron chi connectivity index (χ4n) is 3.28. The summed E-state index contributed by atoms with van der Waals surface area (Å²) in [7, 11) is 0. The number of fused-ring (bicyclic) bond motifs is 1. The Kier molecular flexibility index (Phi) is 5.06. The van der Waals surface area contributed by atoms with Gasteiger partial charge in [0.05, 0.1) is 6.54 Å². The highest BCUT2D eigenvalue weighted by Gasteiger charge is 2.20. The Bertz CT molecular complexity index is 910. The molecule has 0 unspecified atom stereocenters. The minimum absolute atomic E-state index is 0.279. The van der Waals surface area contributed by atoms with Crippen molar-refractivity contribution in [1.29, 1.82) is 0 Å². The standard InChI is InChI=1S/C23H22N2O2/c26-23(27-17-18-7-3-1-4-8-18)25-14-13-24-22-12-11-20(15-21(22)16-25)19-9-5-2-6-10-19/h1-12,15,24H,13-14,16-17H2. The number of benzene rings is 3. The lowest BCUT2D eigenvalue weighted by Gasteiger charge is -2.20. The molecule has 0 aromatic heterocycles. The first kappa shape index (κ1) is 17.2. The van der Waals surface area contributed by atoms with Gasteiger partial charge in [0.25, 0.3) is 0 Å². The Morgan fingerprint density at radius 3 is 2.44 bits per heavy atom. The zero-order valence-corrected chi connectivity index (χ0v) is 15.1. The second-order valence-electron chi connectivity index (χ2n) is 6.63. The number of carbonyl (C=O) groups excluding carboxylic acids is 1. The van der Waals surface area contributed by atoms with Gasteiger partial charge in [0, 0.05) is 18.8 Å². The predicted molar refractivity (Wildman–Crippen MR) is 107 cm³/mol. The Hall–Kier alpha value is -3.27. The normalized spacial score (nSPS) is 13.3. The van der Waals surface area contributed by atoms with Gasteiger partial charge in [-0.1, -0.05) is 66.7 Å². The molecule has 1 amide bonds. The van der Waals surface area contributed by atoms with Crippen LogP contribution in [0.15, 0.2) is 78.9 Å². The Balaban J connectivity index is 1.49. The number of nitrogens with one attached hydrogen (secondary N) is 1. The average molecular weight is 358 g/mol. The third-order valence-corrected chi connectivity index (χ3v) is 4.73. The lowest BCUT2D eigenvalue weighted by atomic mass is 10.0. The van der Waals surface area contributed by atoms with Gasteiger partial charge in [-0.05, 0) is 34.4 Å². The van der Waals surface area contributed by atoms with Gasteiger partial charge in [0.15, 0.2) is 0 Å². The third kappa shape index (κ3) is 4.11. The minimum Gasteiger partial charge on any atom is -0.445 e. The van der Waals surface area contributed by atoms with Crippen molar-refractivity contribution in [3.05, 3.63) is 90.0 Å². The molecule has 0 saturated heterocycles. The van der Waals surface area contributed by atoms with E-state index in [4.69, 9.17) is 4.74 Å². The van der Waals surface area contributed by atoms with E-state index in [0.29, 0.717) is 26.2 Å². The average Bonchev–Trinajstić information content (AvgIpc) is 2.95. The summed E-state index contributed by atoms with van der Waals surface area (Å²) in [5.74, 6) is 0.